The molecule has 1 aliphatic heterocycles. The number of benzene rings is 3. The molecule has 60 heavy (non-hydrogen) atoms. The first-order valence-electron chi connectivity index (χ1n) is 22.0. The molecule has 6 atom stereocenters. The van der Waals surface area contributed by atoms with Crippen molar-refractivity contribution in [3.8, 4) is 17.2 Å². The highest BCUT2D eigenvalue weighted by Crippen LogP contribution is 2.32. The van der Waals surface area contributed by atoms with E-state index in [0.29, 0.717) is 33.4 Å². The van der Waals surface area contributed by atoms with Crippen LogP contribution in [0.5, 0.6) is 17.2 Å². The van der Waals surface area contributed by atoms with Gasteiger partial charge in [-0.2, -0.15) is 0 Å². The van der Waals surface area contributed by atoms with Gasteiger partial charge in [0.25, 0.3) is 0 Å². The minimum Gasteiger partial charge on any atom is -0.507 e. The molecule has 3 N–H and O–H groups in total. The van der Waals surface area contributed by atoms with Gasteiger partial charge in [0.1, 0.15) is 17.2 Å². The van der Waals surface area contributed by atoms with E-state index < -0.39 is 0 Å². The molecule has 1 heterocycles. The number of phenols is 3. The van der Waals surface area contributed by atoms with Crippen LogP contribution < -0.4 is 0 Å². The number of hydrogen-bond acceptors (Lipinski definition) is 9. The fraction of sp³-hybridized carbons (Fsp3) is 0.412. The Morgan fingerprint density at radius 3 is 0.917 bits per heavy atom. The van der Waals surface area contributed by atoms with Gasteiger partial charge in [0.2, 0.25) is 0 Å². The second-order valence-electron chi connectivity index (χ2n) is 16.6. The molecular formula is C51H60N6O3. The van der Waals surface area contributed by atoms with E-state index in [1.54, 1.807) is 37.3 Å². The number of aromatic hydroxyl groups is 3. The van der Waals surface area contributed by atoms with Crippen LogP contribution in [0.3, 0.4) is 0 Å². The molecule has 0 amide bonds. The number of nitrogens with zero attached hydrogens (tertiary/aromatic N) is 6. The van der Waals surface area contributed by atoms with E-state index in [4.69, 9.17) is 30.0 Å². The van der Waals surface area contributed by atoms with Crippen LogP contribution in [-0.2, 0) is 0 Å². The molecule has 3 aromatic rings. The smallest absolute Gasteiger partial charge is 0.133 e. The van der Waals surface area contributed by atoms with Crippen molar-refractivity contribution in [2.45, 2.75) is 134 Å². The van der Waals surface area contributed by atoms with Crippen LogP contribution in [0, 0.1) is 0 Å². The summed E-state index contributed by atoms with van der Waals surface area (Å²) in [6.07, 6.45) is 34.3. The molecule has 0 saturated heterocycles. The van der Waals surface area contributed by atoms with Gasteiger partial charge < -0.3 is 15.3 Å². The van der Waals surface area contributed by atoms with Crippen molar-refractivity contribution in [1.82, 2.24) is 0 Å². The number of allylic oxidation sites excluding steroid dienone is 3. The zero-order chi connectivity index (χ0) is 41.8. The van der Waals surface area contributed by atoms with Crippen molar-refractivity contribution in [3.05, 3.63) is 105 Å². The van der Waals surface area contributed by atoms with Gasteiger partial charge in [0, 0.05) is 70.7 Å². The molecule has 3 aliphatic carbocycles. The van der Waals surface area contributed by atoms with Crippen molar-refractivity contribution in [1.29, 1.82) is 0 Å². The lowest BCUT2D eigenvalue weighted by Gasteiger charge is -2.26. The molecule has 312 valence electrons. The molecule has 0 radical (unpaired) electrons. The van der Waals surface area contributed by atoms with Crippen LogP contribution >= 0.6 is 0 Å². The molecule has 8 bridgehead atoms. The Labute approximate surface area is 355 Å². The maximum atomic E-state index is 11.6. The van der Waals surface area contributed by atoms with E-state index in [1.165, 1.54) is 0 Å². The van der Waals surface area contributed by atoms with E-state index in [-0.39, 0.29) is 53.5 Å². The Bertz CT molecular complexity index is 2120. The predicted octanol–water partition coefficient (Wildman–Crippen LogP) is 10.8. The largest absolute Gasteiger partial charge is 0.507 e. The maximum absolute atomic E-state index is 11.6. The predicted molar refractivity (Wildman–Crippen MR) is 252 cm³/mol. The van der Waals surface area contributed by atoms with E-state index in [0.717, 1.165) is 93.7 Å². The Morgan fingerprint density at radius 1 is 0.383 bits per heavy atom. The lowest BCUT2D eigenvalue weighted by atomic mass is 9.91. The van der Waals surface area contributed by atoms with Gasteiger partial charge in [-0.25, -0.2) is 0 Å². The van der Waals surface area contributed by atoms with Crippen molar-refractivity contribution in [2.24, 2.45) is 30.0 Å². The number of hydrogen-bond donors (Lipinski definition) is 3. The molecule has 3 aromatic carbocycles. The summed E-state index contributed by atoms with van der Waals surface area (Å²) < 4.78 is 0. The second-order valence-corrected chi connectivity index (χ2v) is 16.6. The monoisotopic (exact) mass is 804 g/mol. The summed E-state index contributed by atoms with van der Waals surface area (Å²) in [5.41, 5.74) is 6.72. The molecule has 9 nitrogen and oxygen atoms in total. The average molecular weight is 805 g/mol. The summed E-state index contributed by atoms with van der Waals surface area (Å²) >= 11 is 0. The SMILES string of the molecule is C/C=C/c1cc2c(O)c(c1)C=NC1CCCCC1N=Cc1cc(/C=C/C)cc(c1O)C=NC1CCCCC1N=Cc1cc(/C=C/C)cc(c1O)C=NC1CCCC(C1)N=C2. The fourth-order valence-corrected chi connectivity index (χ4v) is 8.93. The van der Waals surface area contributed by atoms with Crippen LogP contribution in [-0.4, -0.2) is 88.9 Å². The molecule has 3 saturated carbocycles. The minimum absolute atomic E-state index is 0.0569. The Kier molecular flexibility index (Phi) is 14.5. The molecule has 3 fully saturated rings. The summed E-state index contributed by atoms with van der Waals surface area (Å²) in [6.45, 7) is 5.94. The van der Waals surface area contributed by atoms with Gasteiger partial charge >= 0.3 is 0 Å². The lowest BCUT2D eigenvalue weighted by Crippen LogP contribution is -2.27. The first-order valence-corrected chi connectivity index (χ1v) is 22.0. The van der Waals surface area contributed by atoms with Crippen molar-refractivity contribution >= 4 is 55.5 Å². The highest BCUT2D eigenvalue weighted by Gasteiger charge is 2.26. The van der Waals surface area contributed by atoms with E-state index >= 15 is 0 Å². The lowest BCUT2D eigenvalue weighted by molar-refractivity contribution is 0.389. The van der Waals surface area contributed by atoms with Crippen LogP contribution in [0.4, 0.5) is 0 Å². The van der Waals surface area contributed by atoms with E-state index in [9.17, 15) is 15.3 Å². The third-order valence-corrected chi connectivity index (χ3v) is 12.1. The topological polar surface area (TPSA) is 135 Å². The molecule has 6 unspecified atom stereocenters. The first kappa shape index (κ1) is 42.4. The normalized spacial score (nSPS) is 25.1. The molecule has 9 heteroatoms. The van der Waals surface area contributed by atoms with Crippen LogP contribution in [0.25, 0.3) is 18.2 Å². The van der Waals surface area contributed by atoms with E-state index in [1.807, 2.05) is 93.6 Å². The first-order chi connectivity index (χ1) is 29.3. The molecule has 0 spiro atoms. The van der Waals surface area contributed by atoms with Crippen LogP contribution in [0.1, 0.15) is 148 Å². The number of rotatable bonds is 3. The maximum Gasteiger partial charge on any atom is 0.133 e. The summed E-state index contributed by atoms with van der Waals surface area (Å²) in [7, 11) is 0. The second kappa shape index (κ2) is 20.5. The molecule has 4 aliphatic rings. The Morgan fingerprint density at radius 2 is 0.650 bits per heavy atom. The van der Waals surface area contributed by atoms with Gasteiger partial charge in [-0.05, 0) is 125 Å². The molecular weight excluding hydrogens is 745 g/mol. The third kappa shape index (κ3) is 10.7. The standard InChI is InChI=1S/C51H60N6O3/c1-4-12-34-21-37-28-52-43-15-11-16-44(27-43)53-29-38-22-35(13-5-2)24-40(50(38)59)31-55-46-18-8-10-20-48(46)57-33-42-26-36(14-6-3)25-41(51(42)60)32-56-47-19-9-7-17-45(47)54-30-39(23-34)49(37)58/h4-6,12-14,21-26,28-33,43-48,58-60H,7-11,15-20,27H2,1-3H3/b12-4+,13-5+,14-6+,52-28?,53-29?,54-30?,55-31?,56-32?,57-33?. The van der Waals surface area contributed by atoms with Gasteiger partial charge in [-0.15, -0.1) is 0 Å². The average Bonchev–Trinajstić information content (AvgIpc) is 3.25. The number of phenolic OH excluding ortho intramolecular Hbond substituents is 3. The zero-order valence-corrected chi connectivity index (χ0v) is 35.4. The minimum atomic E-state index is -0.0670. The molecule has 0 aromatic heterocycles. The van der Waals surface area contributed by atoms with Crippen molar-refractivity contribution in [3.63, 3.8) is 0 Å². The van der Waals surface area contributed by atoms with Crippen molar-refractivity contribution < 1.29 is 15.3 Å². The van der Waals surface area contributed by atoms with Gasteiger partial charge in [0.15, 0.2) is 0 Å². The number of aliphatic imine (C=N–C) groups is 6. The zero-order valence-electron chi connectivity index (χ0n) is 35.4. The molecule has 7 rings (SSSR count). The summed E-state index contributed by atoms with van der Waals surface area (Å²) in [4.78, 5) is 30.2. The quantitative estimate of drug-likeness (QED) is 0.243. The summed E-state index contributed by atoms with van der Waals surface area (Å²) in [6, 6.07) is 11.6. The number of fused-ring (bicyclic) bond motifs is 10. The van der Waals surface area contributed by atoms with E-state index in [2.05, 4.69) is 0 Å². The van der Waals surface area contributed by atoms with Crippen LogP contribution in [0.2, 0.25) is 0 Å². The van der Waals surface area contributed by atoms with Gasteiger partial charge in [-0.3, -0.25) is 30.0 Å². The fourth-order valence-electron chi connectivity index (χ4n) is 8.93. The van der Waals surface area contributed by atoms with Gasteiger partial charge in [-0.1, -0.05) is 62.1 Å². The summed E-state index contributed by atoms with van der Waals surface area (Å²) in [5, 5.41) is 34.8. The summed E-state index contributed by atoms with van der Waals surface area (Å²) in [5.74, 6) is 0.445. The highest BCUT2D eigenvalue weighted by atomic mass is 16.3. The van der Waals surface area contributed by atoms with Crippen LogP contribution in [0.15, 0.2) is 84.6 Å². The highest BCUT2D eigenvalue weighted by molar-refractivity contribution is 5.95. The Balaban J connectivity index is 1.31. The third-order valence-electron chi connectivity index (χ3n) is 12.1. The van der Waals surface area contributed by atoms with Crippen molar-refractivity contribution in [2.75, 3.05) is 0 Å². The Hall–Kier alpha value is -5.70. The van der Waals surface area contributed by atoms with Gasteiger partial charge in [0.05, 0.1) is 36.3 Å².